The standard InChI is InChI=1S/C38H42N6O4S/c1-4-6-18-42(19-7-5-2)38(46)32-23-35-44(39-32)33-16-15-29(40-49(47)34-14-10-13-26-17-20-41(3)36(26)34)22-31(33)37(45)43-24-28-12-9-8-11-27(28)21-30(43)25-48-35/h8-17,20,22-23,30,40H,4-7,18-19,21,24-25H2,1-3H3/t30-,49?/m0/s1. The number of aryl methyl sites for hydroxylation is 1. The van der Waals surface area contributed by atoms with Gasteiger partial charge in [0, 0.05) is 50.0 Å². The minimum atomic E-state index is -1.61. The van der Waals surface area contributed by atoms with Crippen LogP contribution >= 0.6 is 0 Å². The molecular weight excluding hydrogens is 637 g/mol. The molecular formula is C38H42N6O4S. The first-order valence-corrected chi connectivity index (χ1v) is 18.3. The maximum absolute atomic E-state index is 14.6. The predicted octanol–water partition coefficient (Wildman–Crippen LogP) is 6.50. The lowest BCUT2D eigenvalue weighted by Gasteiger charge is -2.36. The van der Waals surface area contributed by atoms with Crippen molar-refractivity contribution in [3.8, 4) is 11.6 Å². The number of aromatic nitrogens is 3. The van der Waals surface area contributed by atoms with Gasteiger partial charge in [0.1, 0.15) is 6.61 Å². The first kappa shape index (κ1) is 32.6. The number of carbonyl (C=O) groups excluding carboxylic acids is 2. The van der Waals surface area contributed by atoms with Gasteiger partial charge in [-0.2, -0.15) is 9.78 Å². The van der Waals surface area contributed by atoms with Crippen LogP contribution < -0.4 is 9.46 Å². The largest absolute Gasteiger partial charge is 0.475 e. The second kappa shape index (κ2) is 13.9. The van der Waals surface area contributed by atoms with Crippen molar-refractivity contribution in [3.63, 3.8) is 0 Å². The Hall–Kier alpha value is -4.90. The SMILES string of the molecule is CCCCN(CCCC)C(=O)c1cc2n(n1)-c1ccc(NS(=O)c3cccc4ccn(C)c34)cc1C(=O)N1Cc3ccccc3C[C@H]1CO2. The molecule has 2 amide bonds. The number of ether oxygens (including phenoxy) is 1. The Morgan fingerprint density at radius 3 is 2.55 bits per heavy atom. The number of unbranched alkanes of at least 4 members (excludes halogenated alkanes) is 2. The van der Waals surface area contributed by atoms with Crippen LogP contribution in [0.15, 0.2) is 83.9 Å². The molecule has 0 aliphatic carbocycles. The summed E-state index contributed by atoms with van der Waals surface area (Å²) in [7, 11) is 0.319. The van der Waals surface area contributed by atoms with Crippen LogP contribution in [0.25, 0.3) is 16.6 Å². The van der Waals surface area contributed by atoms with E-state index in [1.807, 2.05) is 64.0 Å². The van der Waals surface area contributed by atoms with Crippen molar-refractivity contribution in [1.82, 2.24) is 24.1 Å². The van der Waals surface area contributed by atoms with Crippen molar-refractivity contribution >= 4 is 39.4 Å². The van der Waals surface area contributed by atoms with E-state index in [1.54, 1.807) is 28.9 Å². The maximum atomic E-state index is 14.6. The summed E-state index contributed by atoms with van der Waals surface area (Å²) in [4.78, 5) is 32.8. The third kappa shape index (κ3) is 6.35. The fourth-order valence-corrected chi connectivity index (χ4v) is 7.90. The lowest BCUT2D eigenvalue weighted by Crippen LogP contribution is -2.47. The van der Waals surface area contributed by atoms with Crippen LogP contribution in [0, 0.1) is 0 Å². The molecule has 4 heterocycles. The van der Waals surface area contributed by atoms with Gasteiger partial charge in [0.25, 0.3) is 11.8 Å². The normalized spacial score (nSPS) is 15.9. The van der Waals surface area contributed by atoms with Crippen LogP contribution in [0.5, 0.6) is 5.88 Å². The number of hydrogen-bond donors (Lipinski definition) is 1. The van der Waals surface area contributed by atoms with E-state index in [2.05, 4.69) is 30.7 Å². The predicted molar refractivity (Wildman–Crippen MR) is 192 cm³/mol. The number of amides is 2. The highest BCUT2D eigenvalue weighted by Gasteiger charge is 2.35. The van der Waals surface area contributed by atoms with Gasteiger partial charge in [0.15, 0.2) is 16.7 Å². The number of benzene rings is 3. The number of rotatable bonds is 10. The number of hydrogen-bond acceptors (Lipinski definition) is 5. The molecule has 11 heteroatoms. The topological polar surface area (TPSA) is 102 Å². The lowest BCUT2D eigenvalue weighted by molar-refractivity contribution is 0.0569. The van der Waals surface area contributed by atoms with Gasteiger partial charge in [-0.3, -0.25) is 9.59 Å². The van der Waals surface area contributed by atoms with E-state index in [4.69, 9.17) is 9.84 Å². The molecule has 2 atom stereocenters. The Morgan fingerprint density at radius 2 is 1.78 bits per heavy atom. The molecule has 0 bridgehead atoms. The number of nitrogens with zero attached hydrogens (tertiary/aromatic N) is 5. The molecule has 2 aliphatic rings. The molecule has 2 aliphatic heterocycles. The zero-order chi connectivity index (χ0) is 34.1. The van der Waals surface area contributed by atoms with E-state index in [9.17, 15) is 13.8 Å². The summed E-state index contributed by atoms with van der Waals surface area (Å²) in [5.41, 5.74) is 4.85. The zero-order valence-corrected chi connectivity index (χ0v) is 29.0. The molecule has 0 saturated heterocycles. The molecule has 3 aromatic carbocycles. The number of anilines is 1. The average Bonchev–Trinajstić information content (AvgIpc) is 3.73. The molecule has 10 nitrogen and oxygen atoms in total. The Balaban J connectivity index is 1.29. The fraction of sp³-hybridized carbons (Fsp3) is 0.342. The van der Waals surface area contributed by atoms with Crippen LogP contribution in [0.3, 0.4) is 0 Å². The summed E-state index contributed by atoms with van der Waals surface area (Å²) in [6.45, 7) is 6.24. The van der Waals surface area contributed by atoms with Crippen molar-refractivity contribution in [2.75, 3.05) is 24.4 Å². The monoisotopic (exact) mass is 678 g/mol. The minimum Gasteiger partial charge on any atom is -0.475 e. The number of nitrogens with one attached hydrogen (secondary N) is 1. The molecule has 0 spiro atoms. The Kier molecular flexibility index (Phi) is 9.27. The molecule has 49 heavy (non-hydrogen) atoms. The van der Waals surface area contributed by atoms with Gasteiger partial charge in [-0.15, -0.1) is 0 Å². The first-order chi connectivity index (χ1) is 23.9. The van der Waals surface area contributed by atoms with Gasteiger partial charge in [0.2, 0.25) is 5.88 Å². The van der Waals surface area contributed by atoms with Crippen LogP contribution in [0.1, 0.15) is 71.5 Å². The van der Waals surface area contributed by atoms with Crippen molar-refractivity contribution < 1.29 is 18.5 Å². The Labute approximate surface area is 289 Å². The van der Waals surface area contributed by atoms with E-state index in [1.165, 1.54) is 5.56 Å². The number of carbonyl (C=O) groups is 2. The highest BCUT2D eigenvalue weighted by molar-refractivity contribution is 7.86. The van der Waals surface area contributed by atoms with Crippen LogP contribution in [0.2, 0.25) is 0 Å². The Morgan fingerprint density at radius 1 is 1.00 bits per heavy atom. The molecule has 0 saturated carbocycles. The Bertz CT molecular complexity index is 2040. The lowest BCUT2D eigenvalue weighted by atomic mass is 9.93. The molecule has 1 N–H and O–H groups in total. The highest BCUT2D eigenvalue weighted by Crippen LogP contribution is 2.33. The molecule has 254 valence electrons. The van der Waals surface area contributed by atoms with E-state index < -0.39 is 11.0 Å². The van der Waals surface area contributed by atoms with Crippen molar-refractivity contribution in [1.29, 1.82) is 0 Å². The summed E-state index contributed by atoms with van der Waals surface area (Å²) in [5.74, 6) is 0.0803. The van der Waals surface area contributed by atoms with E-state index in [0.29, 0.717) is 53.8 Å². The third-order valence-electron chi connectivity index (χ3n) is 9.51. The van der Waals surface area contributed by atoms with Crippen molar-refractivity contribution in [3.05, 3.63) is 101 Å². The number of fused-ring (bicyclic) bond motifs is 6. The molecule has 0 radical (unpaired) electrons. The van der Waals surface area contributed by atoms with Gasteiger partial charge >= 0.3 is 0 Å². The zero-order valence-electron chi connectivity index (χ0n) is 28.2. The van der Waals surface area contributed by atoms with Gasteiger partial charge in [-0.1, -0.05) is 63.1 Å². The third-order valence-corrected chi connectivity index (χ3v) is 10.7. The van der Waals surface area contributed by atoms with Crippen LogP contribution in [-0.4, -0.2) is 65.9 Å². The highest BCUT2D eigenvalue weighted by atomic mass is 32.2. The van der Waals surface area contributed by atoms with Crippen LogP contribution in [-0.2, 0) is 31.0 Å². The number of para-hydroxylation sites is 1. The van der Waals surface area contributed by atoms with Crippen molar-refractivity contribution in [2.24, 2.45) is 7.05 Å². The first-order valence-electron chi connectivity index (χ1n) is 17.1. The molecule has 0 fully saturated rings. The molecule has 7 rings (SSSR count). The van der Waals surface area contributed by atoms with E-state index >= 15 is 0 Å². The van der Waals surface area contributed by atoms with Crippen molar-refractivity contribution in [2.45, 2.75) is 63.4 Å². The summed E-state index contributed by atoms with van der Waals surface area (Å²) < 4.78 is 26.9. The summed E-state index contributed by atoms with van der Waals surface area (Å²) in [5, 5.41) is 5.78. The average molecular weight is 679 g/mol. The summed E-state index contributed by atoms with van der Waals surface area (Å²) in [6, 6.07) is 22.7. The molecule has 5 aromatic rings. The van der Waals surface area contributed by atoms with Gasteiger partial charge in [-0.05, 0) is 60.7 Å². The quantitative estimate of drug-likeness (QED) is 0.182. The maximum Gasteiger partial charge on any atom is 0.274 e. The van der Waals surface area contributed by atoms with E-state index in [-0.39, 0.29) is 30.2 Å². The summed E-state index contributed by atoms with van der Waals surface area (Å²) in [6.07, 6.45) is 6.37. The van der Waals surface area contributed by atoms with Gasteiger partial charge < -0.3 is 23.8 Å². The van der Waals surface area contributed by atoms with E-state index in [0.717, 1.165) is 42.1 Å². The minimum absolute atomic E-state index is 0.146. The molecule has 1 unspecified atom stereocenters. The second-order valence-corrected chi connectivity index (χ2v) is 14.1. The molecule has 2 aromatic heterocycles. The second-order valence-electron chi connectivity index (χ2n) is 12.9. The van der Waals surface area contributed by atoms with Gasteiger partial charge in [0.05, 0.1) is 27.7 Å². The van der Waals surface area contributed by atoms with Gasteiger partial charge in [-0.25, -0.2) is 4.21 Å². The fourth-order valence-electron chi connectivity index (χ4n) is 6.81. The summed E-state index contributed by atoms with van der Waals surface area (Å²) >= 11 is 0. The smallest absolute Gasteiger partial charge is 0.274 e. The van der Waals surface area contributed by atoms with Crippen LogP contribution in [0.4, 0.5) is 5.69 Å².